The summed E-state index contributed by atoms with van der Waals surface area (Å²) < 4.78 is 20.8. The highest BCUT2D eigenvalue weighted by Crippen LogP contribution is 2.25. The Morgan fingerprint density at radius 3 is 2.57 bits per heavy atom. The quantitative estimate of drug-likeness (QED) is 0.667. The number of furan rings is 1. The largest absolute Gasteiger partial charge is 0.468 e. The highest BCUT2D eigenvalue weighted by atomic mass is 19.1. The van der Waals surface area contributed by atoms with Gasteiger partial charge in [-0.25, -0.2) is 9.07 Å². The summed E-state index contributed by atoms with van der Waals surface area (Å²) in [7, 11) is 0. The lowest BCUT2D eigenvalue weighted by Crippen LogP contribution is -2.33. The molecular weight excluding hydrogens is 355 g/mol. The van der Waals surface area contributed by atoms with Gasteiger partial charge in [0.15, 0.2) is 0 Å². The number of hydrogen-bond donors (Lipinski definition) is 1. The van der Waals surface area contributed by atoms with Gasteiger partial charge < -0.3 is 9.73 Å². The number of hydrogen-bond acceptors (Lipinski definition) is 4. The van der Waals surface area contributed by atoms with E-state index >= 15 is 0 Å². The summed E-state index contributed by atoms with van der Waals surface area (Å²) in [5, 5.41) is 8.27. The van der Waals surface area contributed by atoms with Crippen LogP contribution in [-0.2, 0) is 6.54 Å². The maximum absolute atomic E-state index is 13.2. The number of benzene rings is 1. The summed E-state index contributed by atoms with van der Waals surface area (Å²) in [6.07, 6.45) is 4.25. The standard InChI is InChI=1S/C22H27FN4O/c1-16-20(17(2)27(25-16)19-9-7-18(23)8-10-19)14-24-15-21(22-6-5-13-28-22)26-11-3-4-12-26/h5-10,13,21,24H,3-4,11-12,14-15H2,1-2H3. The Morgan fingerprint density at radius 1 is 1.14 bits per heavy atom. The summed E-state index contributed by atoms with van der Waals surface area (Å²) >= 11 is 0. The number of likely N-dealkylation sites (tertiary alicyclic amines) is 1. The molecule has 2 aromatic heterocycles. The SMILES string of the molecule is Cc1nn(-c2ccc(F)cc2)c(C)c1CNCC(c1ccco1)N1CCCC1. The fourth-order valence-electron chi connectivity index (χ4n) is 4.04. The fourth-order valence-corrected chi connectivity index (χ4v) is 4.04. The fraction of sp³-hybridized carbons (Fsp3) is 0.409. The lowest BCUT2D eigenvalue weighted by molar-refractivity contribution is 0.209. The molecule has 4 rings (SSSR count). The number of nitrogens with zero attached hydrogens (tertiary/aromatic N) is 3. The van der Waals surface area contributed by atoms with Crippen LogP contribution in [0.1, 0.15) is 41.6 Å². The van der Waals surface area contributed by atoms with Gasteiger partial charge in [-0.2, -0.15) is 5.10 Å². The van der Waals surface area contributed by atoms with E-state index in [0.717, 1.165) is 49.0 Å². The molecule has 1 saturated heterocycles. The van der Waals surface area contributed by atoms with Crippen molar-refractivity contribution in [3.63, 3.8) is 0 Å². The highest BCUT2D eigenvalue weighted by Gasteiger charge is 2.25. The van der Waals surface area contributed by atoms with Gasteiger partial charge in [-0.15, -0.1) is 0 Å². The van der Waals surface area contributed by atoms with Crippen LogP contribution in [0.2, 0.25) is 0 Å². The van der Waals surface area contributed by atoms with Gasteiger partial charge in [0.05, 0.1) is 23.7 Å². The average Bonchev–Trinajstić information content (AvgIpc) is 3.44. The summed E-state index contributed by atoms with van der Waals surface area (Å²) in [4.78, 5) is 2.49. The van der Waals surface area contributed by atoms with Gasteiger partial charge in [0, 0.05) is 24.3 Å². The minimum atomic E-state index is -0.238. The van der Waals surface area contributed by atoms with E-state index in [-0.39, 0.29) is 11.9 Å². The van der Waals surface area contributed by atoms with Crippen molar-refractivity contribution in [3.8, 4) is 5.69 Å². The molecule has 0 bridgehead atoms. The summed E-state index contributed by atoms with van der Waals surface area (Å²) in [5.74, 6) is 0.780. The molecule has 28 heavy (non-hydrogen) atoms. The van der Waals surface area contributed by atoms with E-state index in [9.17, 15) is 4.39 Å². The Bertz CT molecular complexity index is 896. The molecule has 0 amide bonds. The van der Waals surface area contributed by atoms with Crippen LogP contribution in [0.3, 0.4) is 0 Å². The first-order valence-electron chi connectivity index (χ1n) is 9.92. The molecule has 1 aromatic carbocycles. The van der Waals surface area contributed by atoms with Gasteiger partial charge in [-0.3, -0.25) is 4.90 Å². The zero-order valence-corrected chi connectivity index (χ0v) is 16.5. The Kier molecular flexibility index (Phi) is 5.59. The summed E-state index contributed by atoms with van der Waals surface area (Å²) in [6.45, 7) is 7.89. The molecule has 1 atom stereocenters. The van der Waals surface area contributed by atoms with Gasteiger partial charge in [-0.05, 0) is 76.2 Å². The molecule has 0 saturated carbocycles. The van der Waals surface area contributed by atoms with Crippen LogP contribution < -0.4 is 5.32 Å². The molecule has 0 spiro atoms. The van der Waals surface area contributed by atoms with Gasteiger partial charge in [0.25, 0.3) is 0 Å². The summed E-state index contributed by atoms with van der Waals surface area (Å²) in [5.41, 5.74) is 4.13. The third kappa shape index (κ3) is 3.88. The molecule has 5 nitrogen and oxygen atoms in total. The van der Waals surface area contributed by atoms with Crippen molar-refractivity contribution in [1.29, 1.82) is 0 Å². The third-order valence-electron chi connectivity index (χ3n) is 5.60. The third-order valence-corrected chi connectivity index (χ3v) is 5.60. The van der Waals surface area contributed by atoms with Crippen molar-refractivity contribution in [3.05, 3.63) is 71.2 Å². The second-order valence-corrected chi connectivity index (χ2v) is 7.44. The maximum Gasteiger partial charge on any atom is 0.123 e. The average molecular weight is 382 g/mol. The zero-order chi connectivity index (χ0) is 19.5. The first-order chi connectivity index (χ1) is 13.6. The number of rotatable bonds is 7. The maximum atomic E-state index is 13.2. The molecule has 6 heteroatoms. The lowest BCUT2D eigenvalue weighted by atomic mass is 10.1. The monoisotopic (exact) mass is 382 g/mol. The van der Waals surface area contributed by atoms with Crippen molar-refractivity contribution in [1.82, 2.24) is 20.0 Å². The van der Waals surface area contributed by atoms with Crippen molar-refractivity contribution < 1.29 is 8.81 Å². The number of nitrogens with one attached hydrogen (secondary N) is 1. The van der Waals surface area contributed by atoms with E-state index < -0.39 is 0 Å². The van der Waals surface area contributed by atoms with Gasteiger partial charge in [-0.1, -0.05) is 0 Å². The molecule has 1 fully saturated rings. The van der Waals surface area contributed by atoms with Crippen LogP contribution in [0.4, 0.5) is 4.39 Å². The molecule has 1 N–H and O–H groups in total. The van der Waals surface area contributed by atoms with Crippen LogP contribution in [-0.4, -0.2) is 34.3 Å². The Hall–Kier alpha value is -2.44. The topological polar surface area (TPSA) is 46.2 Å². The van der Waals surface area contributed by atoms with Gasteiger partial charge >= 0.3 is 0 Å². The van der Waals surface area contributed by atoms with Gasteiger partial charge in [0.2, 0.25) is 0 Å². The molecular formula is C22H27FN4O. The molecule has 0 aliphatic carbocycles. The predicted molar refractivity (Wildman–Crippen MR) is 107 cm³/mol. The number of halogens is 1. The van der Waals surface area contributed by atoms with E-state index in [0.29, 0.717) is 0 Å². The van der Waals surface area contributed by atoms with Crippen LogP contribution in [0.25, 0.3) is 5.69 Å². The van der Waals surface area contributed by atoms with Crippen LogP contribution in [0, 0.1) is 19.7 Å². The second-order valence-electron chi connectivity index (χ2n) is 7.44. The van der Waals surface area contributed by atoms with Crippen LogP contribution in [0.15, 0.2) is 47.1 Å². The van der Waals surface area contributed by atoms with Crippen LogP contribution in [0.5, 0.6) is 0 Å². The second kappa shape index (κ2) is 8.29. The Balaban J connectivity index is 1.46. The first-order valence-corrected chi connectivity index (χ1v) is 9.92. The normalized spacial score (nSPS) is 16.0. The smallest absolute Gasteiger partial charge is 0.123 e. The van der Waals surface area contributed by atoms with Crippen molar-refractivity contribution >= 4 is 0 Å². The molecule has 1 aliphatic rings. The molecule has 3 heterocycles. The Labute approximate surface area is 165 Å². The van der Waals surface area contributed by atoms with Gasteiger partial charge in [0.1, 0.15) is 11.6 Å². The Morgan fingerprint density at radius 2 is 1.89 bits per heavy atom. The number of aryl methyl sites for hydroxylation is 1. The highest BCUT2D eigenvalue weighted by molar-refractivity contribution is 5.37. The molecule has 148 valence electrons. The minimum absolute atomic E-state index is 0.238. The zero-order valence-electron chi connectivity index (χ0n) is 16.5. The molecule has 1 unspecified atom stereocenters. The van der Waals surface area contributed by atoms with E-state index in [4.69, 9.17) is 4.42 Å². The number of aromatic nitrogens is 2. The molecule has 0 radical (unpaired) electrons. The van der Waals surface area contributed by atoms with Crippen molar-refractivity contribution in [2.24, 2.45) is 0 Å². The summed E-state index contributed by atoms with van der Waals surface area (Å²) in [6, 6.07) is 10.7. The molecule has 3 aromatic rings. The first kappa shape index (κ1) is 18.9. The van der Waals surface area contributed by atoms with Crippen LogP contribution >= 0.6 is 0 Å². The van der Waals surface area contributed by atoms with E-state index in [1.165, 1.54) is 30.5 Å². The molecule has 1 aliphatic heterocycles. The van der Waals surface area contributed by atoms with E-state index in [1.54, 1.807) is 18.4 Å². The lowest BCUT2D eigenvalue weighted by Gasteiger charge is -2.26. The minimum Gasteiger partial charge on any atom is -0.468 e. The van der Waals surface area contributed by atoms with E-state index in [1.807, 2.05) is 17.7 Å². The van der Waals surface area contributed by atoms with E-state index in [2.05, 4.69) is 28.3 Å². The van der Waals surface area contributed by atoms with Crippen molar-refractivity contribution in [2.75, 3.05) is 19.6 Å². The predicted octanol–water partition coefficient (Wildman–Crippen LogP) is 4.15. The van der Waals surface area contributed by atoms with Crippen molar-refractivity contribution in [2.45, 2.75) is 39.3 Å².